The molecule has 140 valence electrons. The molecule has 1 fully saturated rings. The van der Waals surface area contributed by atoms with Crippen molar-refractivity contribution in [1.29, 1.82) is 0 Å². The van der Waals surface area contributed by atoms with Crippen molar-refractivity contribution >= 4 is 34.1 Å². The van der Waals surface area contributed by atoms with Gasteiger partial charge in [0.2, 0.25) is 5.28 Å². The van der Waals surface area contributed by atoms with Crippen LogP contribution in [0.3, 0.4) is 0 Å². The van der Waals surface area contributed by atoms with Gasteiger partial charge in [0, 0.05) is 43.8 Å². The Balaban J connectivity index is 1.65. The fourth-order valence-electron chi connectivity index (χ4n) is 3.34. The smallest absolute Gasteiger partial charge is 0.224 e. The van der Waals surface area contributed by atoms with Gasteiger partial charge in [-0.1, -0.05) is 6.07 Å². The van der Waals surface area contributed by atoms with Crippen LogP contribution < -0.4 is 19.3 Å². The summed E-state index contributed by atoms with van der Waals surface area (Å²) in [5.41, 5.74) is 0.731. The standard InChI is InChI=1S/C19H20ClN5O2/c1-26-15-11-13-14(12-16(15)27-2)22-19(20)23-18(13)25-9-7-24(8-10-25)17-5-3-4-6-21-17/h3-6,11-12H,7-10H2,1-2H3. The van der Waals surface area contributed by atoms with Crippen molar-refractivity contribution in [3.05, 3.63) is 41.8 Å². The summed E-state index contributed by atoms with van der Waals surface area (Å²) in [6, 6.07) is 9.70. The molecule has 1 aliphatic rings. The summed E-state index contributed by atoms with van der Waals surface area (Å²) in [5, 5.41) is 1.11. The number of hydrogen-bond donors (Lipinski definition) is 0. The number of rotatable bonds is 4. The average Bonchev–Trinajstić information content (AvgIpc) is 2.73. The zero-order chi connectivity index (χ0) is 18.8. The summed E-state index contributed by atoms with van der Waals surface area (Å²) in [6.45, 7) is 3.33. The molecule has 0 amide bonds. The highest BCUT2D eigenvalue weighted by Crippen LogP contribution is 2.36. The first-order valence-electron chi connectivity index (χ1n) is 8.70. The van der Waals surface area contributed by atoms with E-state index in [1.807, 2.05) is 36.5 Å². The fraction of sp³-hybridized carbons (Fsp3) is 0.316. The Labute approximate surface area is 162 Å². The van der Waals surface area contributed by atoms with Gasteiger partial charge in [0.1, 0.15) is 11.6 Å². The van der Waals surface area contributed by atoms with Crippen LogP contribution in [0.1, 0.15) is 0 Å². The lowest BCUT2D eigenvalue weighted by molar-refractivity contribution is 0.356. The van der Waals surface area contributed by atoms with Crippen LogP contribution in [-0.4, -0.2) is 55.4 Å². The Morgan fingerprint density at radius 3 is 2.30 bits per heavy atom. The van der Waals surface area contributed by atoms with Crippen LogP contribution in [-0.2, 0) is 0 Å². The van der Waals surface area contributed by atoms with Gasteiger partial charge < -0.3 is 19.3 Å². The summed E-state index contributed by atoms with van der Waals surface area (Å²) < 4.78 is 10.8. The largest absolute Gasteiger partial charge is 0.493 e. The molecule has 0 spiro atoms. The maximum Gasteiger partial charge on any atom is 0.224 e. The third kappa shape index (κ3) is 3.42. The normalized spacial score (nSPS) is 14.5. The maximum absolute atomic E-state index is 6.20. The second kappa shape index (κ2) is 7.44. The minimum absolute atomic E-state index is 0.219. The van der Waals surface area contributed by atoms with Gasteiger partial charge in [-0.2, -0.15) is 4.98 Å². The number of ether oxygens (including phenoxy) is 2. The molecule has 0 bridgehead atoms. The number of fused-ring (bicyclic) bond motifs is 1. The van der Waals surface area contributed by atoms with Crippen LogP contribution >= 0.6 is 11.6 Å². The van der Waals surface area contributed by atoms with E-state index in [1.54, 1.807) is 14.2 Å². The van der Waals surface area contributed by atoms with Crippen molar-refractivity contribution in [1.82, 2.24) is 15.0 Å². The summed E-state index contributed by atoms with van der Waals surface area (Å²) >= 11 is 6.20. The first-order chi connectivity index (χ1) is 13.2. The number of methoxy groups -OCH3 is 2. The Bertz CT molecular complexity index is 946. The second-order valence-corrected chi connectivity index (χ2v) is 6.54. The molecule has 4 rings (SSSR count). The topological polar surface area (TPSA) is 63.6 Å². The van der Waals surface area contributed by atoms with Crippen molar-refractivity contribution in [3.63, 3.8) is 0 Å². The number of aromatic nitrogens is 3. The van der Waals surface area contributed by atoms with Gasteiger partial charge in [-0.05, 0) is 29.8 Å². The molecule has 0 aliphatic carbocycles. The molecule has 0 unspecified atom stereocenters. The minimum atomic E-state index is 0.219. The van der Waals surface area contributed by atoms with Crippen LogP contribution in [0, 0.1) is 0 Å². The summed E-state index contributed by atoms with van der Waals surface area (Å²) in [7, 11) is 3.22. The fourth-order valence-corrected chi connectivity index (χ4v) is 3.51. The van der Waals surface area contributed by atoms with Crippen LogP contribution in [0.5, 0.6) is 11.5 Å². The monoisotopic (exact) mass is 385 g/mol. The first-order valence-corrected chi connectivity index (χ1v) is 9.07. The van der Waals surface area contributed by atoms with E-state index in [9.17, 15) is 0 Å². The Kier molecular flexibility index (Phi) is 4.85. The molecule has 2 aromatic heterocycles. The lowest BCUT2D eigenvalue weighted by Gasteiger charge is -2.36. The molecular formula is C19H20ClN5O2. The van der Waals surface area contributed by atoms with E-state index in [0.29, 0.717) is 11.5 Å². The average molecular weight is 386 g/mol. The highest BCUT2D eigenvalue weighted by molar-refractivity contribution is 6.28. The first kappa shape index (κ1) is 17.6. The maximum atomic E-state index is 6.20. The van der Waals surface area contributed by atoms with Crippen molar-refractivity contribution in [3.8, 4) is 11.5 Å². The molecule has 27 heavy (non-hydrogen) atoms. The number of anilines is 2. The molecule has 1 aromatic carbocycles. The van der Waals surface area contributed by atoms with E-state index in [2.05, 4.69) is 24.8 Å². The predicted octanol–water partition coefficient (Wildman–Crippen LogP) is 3.02. The van der Waals surface area contributed by atoms with E-state index in [-0.39, 0.29) is 5.28 Å². The third-order valence-corrected chi connectivity index (χ3v) is 4.88. The predicted molar refractivity (Wildman–Crippen MR) is 106 cm³/mol. The lowest BCUT2D eigenvalue weighted by atomic mass is 10.2. The van der Waals surface area contributed by atoms with Crippen molar-refractivity contribution in [2.24, 2.45) is 0 Å². The molecule has 3 heterocycles. The molecule has 0 N–H and O–H groups in total. The molecule has 0 radical (unpaired) electrons. The van der Waals surface area contributed by atoms with Gasteiger partial charge in [-0.3, -0.25) is 0 Å². The quantitative estimate of drug-likeness (QED) is 0.639. The van der Waals surface area contributed by atoms with Gasteiger partial charge in [0.05, 0.1) is 19.7 Å². The molecule has 7 nitrogen and oxygen atoms in total. The van der Waals surface area contributed by atoms with Crippen LogP contribution in [0.15, 0.2) is 36.5 Å². The van der Waals surface area contributed by atoms with E-state index in [4.69, 9.17) is 21.1 Å². The number of hydrogen-bond acceptors (Lipinski definition) is 7. The minimum Gasteiger partial charge on any atom is -0.493 e. The van der Waals surface area contributed by atoms with Crippen LogP contribution in [0.2, 0.25) is 5.28 Å². The highest BCUT2D eigenvalue weighted by atomic mass is 35.5. The van der Waals surface area contributed by atoms with E-state index in [0.717, 1.165) is 48.7 Å². The summed E-state index contributed by atoms with van der Waals surface area (Å²) in [4.78, 5) is 17.8. The third-order valence-electron chi connectivity index (χ3n) is 4.71. The molecule has 0 atom stereocenters. The molecule has 8 heteroatoms. The van der Waals surface area contributed by atoms with Crippen molar-refractivity contribution < 1.29 is 9.47 Å². The zero-order valence-electron chi connectivity index (χ0n) is 15.2. The van der Waals surface area contributed by atoms with E-state index in [1.165, 1.54) is 0 Å². The second-order valence-electron chi connectivity index (χ2n) is 6.20. The number of piperazine rings is 1. The number of pyridine rings is 1. The van der Waals surface area contributed by atoms with Crippen molar-refractivity contribution in [2.45, 2.75) is 0 Å². The van der Waals surface area contributed by atoms with Gasteiger partial charge in [0.25, 0.3) is 0 Å². The summed E-state index contributed by atoms with van der Waals surface area (Å²) in [6.07, 6.45) is 1.82. The Morgan fingerprint density at radius 2 is 1.63 bits per heavy atom. The van der Waals surface area contributed by atoms with Gasteiger partial charge in [-0.25, -0.2) is 9.97 Å². The SMILES string of the molecule is COc1cc2nc(Cl)nc(N3CCN(c4ccccn4)CC3)c2cc1OC. The van der Waals surface area contributed by atoms with E-state index >= 15 is 0 Å². The van der Waals surface area contributed by atoms with Gasteiger partial charge in [0.15, 0.2) is 11.5 Å². The molecular weight excluding hydrogens is 366 g/mol. The lowest BCUT2D eigenvalue weighted by Crippen LogP contribution is -2.47. The Hall–Kier alpha value is -2.80. The highest BCUT2D eigenvalue weighted by Gasteiger charge is 2.22. The molecule has 1 aliphatic heterocycles. The van der Waals surface area contributed by atoms with E-state index < -0.39 is 0 Å². The summed E-state index contributed by atoms with van der Waals surface area (Å²) in [5.74, 6) is 3.07. The van der Waals surface area contributed by atoms with Gasteiger partial charge in [-0.15, -0.1) is 0 Å². The van der Waals surface area contributed by atoms with Crippen LogP contribution in [0.4, 0.5) is 11.6 Å². The number of nitrogens with zero attached hydrogens (tertiary/aromatic N) is 5. The van der Waals surface area contributed by atoms with Crippen LogP contribution in [0.25, 0.3) is 10.9 Å². The van der Waals surface area contributed by atoms with Gasteiger partial charge >= 0.3 is 0 Å². The molecule has 1 saturated heterocycles. The number of benzene rings is 1. The molecule has 3 aromatic rings. The zero-order valence-corrected chi connectivity index (χ0v) is 16.0. The van der Waals surface area contributed by atoms with Crippen molar-refractivity contribution in [2.75, 3.05) is 50.2 Å². The number of halogens is 1. The Morgan fingerprint density at radius 1 is 0.926 bits per heavy atom. The molecule has 0 saturated carbocycles.